The van der Waals surface area contributed by atoms with Gasteiger partial charge < -0.3 is 14.6 Å². The Labute approximate surface area is 162 Å². The van der Waals surface area contributed by atoms with Gasteiger partial charge in [-0.3, -0.25) is 9.78 Å². The zero-order valence-corrected chi connectivity index (χ0v) is 16.2. The van der Waals surface area contributed by atoms with Crippen LogP contribution < -0.4 is 10.1 Å². The highest BCUT2D eigenvalue weighted by atomic mass is 32.2. The molecule has 0 spiro atoms. The predicted molar refractivity (Wildman–Crippen MR) is 106 cm³/mol. The van der Waals surface area contributed by atoms with Crippen LogP contribution in [-0.4, -0.2) is 38.0 Å². The number of ether oxygens (including phenoxy) is 1. The number of hydrogen-bond acceptors (Lipinski definition) is 6. The van der Waals surface area contributed by atoms with Crippen LogP contribution >= 0.6 is 11.8 Å². The van der Waals surface area contributed by atoms with Gasteiger partial charge in [-0.25, -0.2) is 0 Å². The molecule has 0 aliphatic heterocycles. The van der Waals surface area contributed by atoms with Gasteiger partial charge in [-0.1, -0.05) is 23.9 Å². The van der Waals surface area contributed by atoms with Crippen molar-refractivity contribution < 1.29 is 9.53 Å². The van der Waals surface area contributed by atoms with Crippen LogP contribution in [0.2, 0.25) is 0 Å². The molecule has 0 saturated carbocycles. The number of carbonyl (C=O) groups excluding carboxylic acids is 1. The number of carbonyl (C=O) groups is 1. The third-order valence-corrected chi connectivity index (χ3v) is 5.07. The first-order valence-corrected chi connectivity index (χ1v) is 9.46. The van der Waals surface area contributed by atoms with E-state index in [1.807, 2.05) is 54.8 Å². The minimum Gasteiger partial charge on any atom is -0.495 e. The molecule has 1 amide bonds. The maximum absolute atomic E-state index is 12.6. The topological polar surface area (TPSA) is 81.9 Å². The molecule has 0 radical (unpaired) electrons. The molecule has 2 heterocycles. The number of nitrogens with one attached hydrogen (secondary N) is 1. The van der Waals surface area contributed by atoms with Crippen LogP contribution in [-0.2, 0) is 11.3 Å². The number of amides is 1. The van der Waals surface area contributed by atoms with E-state index in [-0.39, 0.29) is 11.2 Å². The molecular formula is C19H21N5O2S. The number of benzene rings is 1. The summed E-state index contributed by atoms with van der Waals surface area (Å²) in [6.07, 6.45) is 3.44. The fourth-order valence-electron chi connectivity index (χ4n) is 2.57. The summed E-state index contributed by atoms with van der Waals surface area (Å²) in [5, 5.41) is 11.8. The highest BCUT2D eigenvalue weighted by Gasteiger charge is 2.21. The highest BCUT2D eigenvalue weighted by molar-refractivity contribution is 8.00. The van der Waals surface area contributed by atoms with Gasteiger partial charge in [0.15, 0.2) is 11.0 Å². The molecule has 1 unspecified atom stereocenters. The van der Waals surface area contributed by atoms with E-state index in [1.165, 1.54) is 11.8 Å². The Hall–Kier alpha value is -2.87. The van der Waals surface area contributed by atoms with Crippen molar-refractivity contribution in [1.29, 1.82) is 0 Å². The number of pyridine rings is 1. The summed E-state index contributed by atoms with van der Waals surface area (Å²) in [5.41, 5.74) is 1.59. The smallest absolute Gasteiger partial charge is 0.237 e. The summed E-state index contributed by atoms with van der Waals surface area (Å²) >= 11 is 1.37. The SMILES string of the molecule is CCn1c(SC(C)C(=O)Nc2ccccc2OC)nnc1-c1ccncc1. The molecule has 140 valence electrons. The molecule has 7 nitrogen and oxygen atoms in total. The lowest BCUT2D eigenvalue weighted by atomic mass is 10.2. The fourth-order valence-corrected chi connectivity index (χ4v) is 3.48. The lowest BCUT2D eigenvalue weighted by molar-refractivity contribution is -0.115. The number of nitrogens with zero attached hydrogens (tertiary/aromatic N) is 4. The monoisotopic (exact) mass is 383 g/mol. The molecule has 27 heavy (non-hydrogen) atoms. The number of anilines is 1. The lowest BCUT2D eigenvalue weighted by Gasteiger charge is -2.14. The first kappa shape index (κ1) is 18.9. The standard InChI is InChI=1S/C19H21N5O2S/c1-4-24-17(14-9-11-20-12-10-14)22-23-19(24)27-13(2)18(25)21-15-7-5-6-8-16(15)26-3/h5-13H,4H2,1-3H3,(H,21,25). The number of para-hydroxylation sites is 2. The van der Waals surface area contributed by atoms with Crippen LogP contribution in [0, 0.1) is 0 Å². The molecule has 0 aliphatic carbocycles. The second-order valence-electron chi connectivity index (χ2n) is 5.74. The number of aromatic nitrogens is 4. The van der Waals surface area contributed by atoms with Gasteiger partial charge in [-0.05, 0) is 38.1 Å². The van der Waals surface area contributed by atoms with E-state index in [4.69, 9.17) is 4.74 Å². The number of hydrogen-bond donors (Lipinski definition) is 1. The largest absolute Gasteiger partial charge is 0.495 e. The van der Waals surface area contributed by atoms with E-state index in [0.717, 1.165) is 11.4 Å². The number of rotatable bonds is 7. The van der Waals surface area contributed by atoms with Crippen molar-refractivity contribution in [3.8, 4) is 17.1 Å². The molecule has 1 aromatic carbocycles. The third-order valence-electron chi connectivity index (χ3n) is 3.99. The quantitative estimate of drug-likeness (QED) is 0.629. The van der Waals surface area contributed by atoms with Crippen molar-refractivity contribution in [1.82, 2.24) is 19.7 Å². The van der Waals surface area contributed by atoms with Crippen molar-refractivity contribution in [2.45, 2.75) is 30.8 Å². The number of thioether (sulfide) groups is 1. The van der Waals surface area contributed by atoms with Crippen molar-refractivity contribution in [2.75, 3.05) is 12.4 Å². The Morgan fingerprint density at radius 3 is 2.67 bits per heavy atom. The molecule has 0 aliphatic rings. The average Bonchev–Trinajstić information content (AvgIpc) is 3.11. The van der Waals surface area contributed by atoms with Gasteiger partial charge in [0.2, 0.25) is 5.91 Å². The van der Waals surface area contributed by atoms with E-state index in [0.29, 0.717) is 23.1 Å². The normalized spacial score (nSPS) is 11.8. The van der Waals surface area contributed by atoms with Gasteiger partial charge in [0, 0.05) is 24.5 Å². The third kappa shape index (κ3) is 4.28. The fraction of sp³-hybridized carbons (Fsp3) is 0.263. The first-order valence-electron chi connectivity index (χ1n) is 8.58. The van der Waals surface area contributed by atoms with Gasteiger partial charge in [0.05, 0.1) is 18.0 Å². The molecule has 2 aromatic heterocycles. The van der Waals surface area contributed by atoms with Crippen LogP contribution in [0.4, 0.5) is 5.69 Å². The van der Waals surface area contributed by atoms with Crippen molar-refractivity contribution in [3.63, 3.8) is 0 Å². The van der Waals surface area contributed by atoms with Crippen LogP contribution in [0.25, 0.3) is 11.4 Å². The summed E-state index contributed by atoms with van der Waals surface area (Å²) in [6.45, 7) is 4.57. The molecule has 3 aromatic rings. The van der Waals surface area contributed by atoms with Gasteiger partial charge >= 0.3 is 0 Å². The second-order valence-corrected chi connectivity index (χ2v) is 7.04. The first-order chi connectivity index (χ1) is 13.1. The predicted octanol–water partition coefficient (Wildman–Crippen LogP) is 3.49. The van der Waals surface area contributed by atoms with Gasteiger partial charge in [0.25, 0.3) is 0 Å². The molecule has 3 rings (SSSR count). The summed E-state index contributed by atoms with van der Waals surface area (Å²) in [7, 11) is 1.58. The molecule has 0 saturated heterocycles. The lowest BCUT2D eigenvalue weighted by Crippen LogP contribution is -2.23. The zero-order valence-electron chi connectivity index (χ0n) is 15.4. The van der Waals surface area contributed by atoms with Gasteiger partial charge in [-0.2, -0.15) is 0 Å². The molecule has 1 N–H and O–H groups in total. The Morgan fingerprint density at radius 2 is 1.96 bits per heavy atom. The minimum atomic E-state index is -0.352. The second kappa shape index (κ2) is 8.68. The molecule has 0 bridgehead atoms. The van der Waals surface area contributed by atoms with E-state index in [9.17, 15) is 4.79 Å². The van der Waals surface area contributed by atoms with Crippen molar-refractivity contribution in [2.24, 2.45) is 0 Å². The van der Waals surface area contributed by atoms with Crippen LogP contribution in [0.15, 0.2) is 53.9 Å². The summed E-state index contributed by atoms with van der Waals surface area (Å²) < 4.78 is 7.27. The minimum absolute atomic E-state index is 0.124. The Balaban J connectivity index is 1.75. The summed E-state index contributed by atoms with van der Waals surface area (Å²) in [4.78, 5) is 16.6. The maximum Gasteiger partial charge on any atom is 0.237 e. The van der Waals surface area contributed by atoms with Crippen molar-refractivity contribution >= 4 is 23.4 Å². The molecule has 0 fully saturated rings. The van der Waals surface area contributed by atoms with Crippen LogP contribution in [0.1, 0.15) is 13.8 Å². The number of methoxy groups -OCH3 is 1. The Bertz CT molecular complexity index is 913. The van der Waals surface area contributed by atoms with Crippen LogP contribution in [0.5, 0.6) is 5.75 Å². The Morgan fingerprint density at radius 1 is 1.22 bits per heavy atom. The highest BCUT2D eigenvalue weighted by Crippen LogP contribution is 2.28. The summed E-state index contributed by atoms with van der Waals surface area (Å²) in [5.74, 6) is 1.26. The average molecular weight is 383 g/mol. The van der Waals surface area contributed by atoms with E-state index in [1.54, 1.807) is 19.5 Å². The van der Waals surface area contributed by atoms with E-state index < -0.39 is 0 Å². The summed E-state index contributed by atoms with van der Waals surface area (Å²) in [6, 6.07) is 11.1. The van der Waals surface area contributed by atoms with Gasteiger partial charge in [-0.15, -0.1) is 10.2 Å². The van der Waals surface area contributed by atoms with E-state index in [2.05, 4.69) is 20.5 Å². The van der Waals surface area contributed by atoms with Crippen LogP contribution in [0.3, 0.4) is 0 Å². The molecule has 1 atom stereocenters. The Kier molecular flexibility index (Phi) is 6.08. The van der Waals surface area contributed by atoms with E-state index >= 15 is 0 Å². The molecule has 8 heteroatoms. The molecular weight excluding hydrogens is 362 g/mol. The van der Waals surface area contributed by atoms with Gasteiger partial charge in [0.1, 0.15) is 5.75 Å². The van der Waals surface area contributed by atoms with Crippen molar-refractivity contribution in [3.05, 3.63) is 48.8 Å². The maximum atomic E-state index is 12.6. The zero-order chi connectivity index (χ0) is 19.2.